The van der Waals surface area contributed by atoms with Crippen LogP contribution in [0, 0.1) is 5.92 Å². The van der Waals surface area contributed by atoms with Crippen molar-refractivity contribution in [3.05, 3.63) is 33.8 Å². The Labute approximate surface area is 94.7 Å². The van der Waals surface area contributed by atoms with Crippen molar-refractivity contribution in [1.29, 1.82) is 0 Å². The highest BCUT2D eigenvalue weighted by molar-refractivity contribution is 6.34. The molecule has 0 heterocycles. The van der Waals surface area contributed by atoms with Crippen LogP contribution >= 0.6 is 23.2 Å². The van der Waals surface area contributed by atoms with Crippen molar-refractivity contribution in [3.63, 3.8) is 0 Å². The van der Waals surface area contributed by atoms with Crippen LogP contribution in [0.2, 0.25) is 10.0 Å². The van der Waals surface area contributed by atoms with Crippen LogP contribution in [0.3, 0.4) is 0 Å². The van der Waals surface area contributed by atoms with E-state index >= 15 is 0 Å². The molecular weight excluding hydrogens is 219 g/mol. The second-order valence-electron chi connectivity index (χ2n) is 3.85. The molecule has 0 aliphatic carbocycles. The lowest BCUT2D eigenvalue weighted by Gasteiger charge is -2.13. The molecule has 1 atom stereocenters. The zero-order chi connectivity index (χ0) is 10.7. The van der Waals surface area contributed by atoms with Crippen LogP contribution < -0.4 is 0 Å². The predicted octanol–water partition coefficient (Wildman–Crippen LogP) is 4.07. The molecule has 1 unspecified atom stereocenters. The lowest BCUT2D eigenvalue weighted by atomic mass is 10.00. The minimum Gasteiger partial charge on any atom is -0.388 e. The molecule has 0 radical (unpaired) electrons. The topological polar surface area (TPSA) is 20.2 Å². The van der Waals surface area contributed by atoms with Gasteiger partial charge >= 0.3 is 0 Å². The fraction of sp³-hybridized carbons (Fsp3) is 0.455. The fourth-order valence-corrected chi connectivity index (χ4v) is 1.89. The van der Waals surface area contributed by atoms with Crippen LogP contribution in [0.5, 0.6) is 0 Å². The van der Waals surface area contributed by atoms with E-state index < -0.39 is 6.10 Å². The summed E-state index contributed by atoms with van der Waals surface area (Å²) in [6.45, 7) is 4.13. The number of halogens is 2. The van der Waals surface area contributed by atoms with Crippen molar-refractivity contribution in [2.24, 2.45) is 5.92 Å². The smallest absolute Gasteiger partial charge is 0.0793 e. The molecule has 0 aliphatic heterocycles. The van der Waals surface area contributed by atoms with Crippen LogP contribution in [0.15, 0.2) is 18.2 Å². The molecule has 0 saturated heterocycles. The van der Waals surface area contributed by atoms with Crippen molar-refractivity contribution in [2.45, 2.75) is 26.4 Å². The summed E-state index contributed by atoms with van der Waals surface area (Å²) in [6, 6.07) is 5.16. The van der Waals surface area contributed by atoms with Crippen molar-refractivity contribution in [1.82, 2.24) is 0 Å². The predicted molar refractivity (Wildman–Crippen MR) is 60.9 cm³/mol. The molecule has 0 saturated carbocycles. The van der Waals surface area contributed by atoms with Gasteiger partial charge in [-0.2, -0.15) is 0 Å². The van der Waals surface area contributed by atoms with Gasteiger partial charge in [0, 0.05) is 10.0 Å². The van der Waals surface area contributed by atoms with Gasteiger partial charge in [-0.3, -0.25) is 0 Å². The fourth-order valence-electron chi connectivity index (χ4n) is 1.35. The third kappa shape index (κ3) is 3.49. The van der Waals surface area contributed by atoms with E-state index in [1.165, 1.54) is 0 Å². The molecule has 14 heavy (non-hydrogen) atoms. The van der Waals surface area contributed by atoms with Crippen molar-refractivity contribution < 1.29 is 5.11 Å². The first-order chi connectivity index (χ1) is 6.49. The SMILES string of the molecule is CC(C)CC(O)c1cc(Cl)cc(Cl)c1. The number of hydrogen-bond acceptors (Lipinski definition) is 1. The second-order valence-corrected chi connectivity index (χ2v) is 4.72. The maximum absolute atomic E-state index is 9.82. The van der Waals surface area contributed by atoms with Crippen LogP contribution in [0.4, 0.5) is 0 Å². The minimum atomic E-state index is -0.480. The van der Waals surface area contributed by atoms with Gasteiger partial charge in [0.2, 0.25) is 0 Å². The van der Waals surface area contributed by atoms with Crippen LogP contribution in [-0.4, -0.2) is 5.11 Å². The summed E-state index contributed by atoms with van der Waals surface area (Å²) in [6.07, 6.45) is 0.239. The zero-order valence-electron chi connectivity index (χ0n) is 8.30. The molecule has 0 amide bonds. The first kappa shape index (κ1) is 11.8. The molecule has 0 aromatic heterocycles. The molecule has 1 N–H and O–H groups in total. The number of rotatable bonds is 3. The maximum atomic E-state index is 9.82. The van der Waals surface area contributed by atoms with E-state index in [0.29, 0.717) is 16.0 Å². The van der Waals surface area contributed by atoms with E-state index in [-0.39, 0.29) is 0 Å². The van der Waals surface area contributed by atoms with Gasteiger partial charge in [-0.15, -0.1) is 0 Å². The molecule has 0 bridgehead atoms. The van der Waals surface area contributed by atoms with E-state index in [1.54, 1.807) is 18.2 Å². The van der Waals surface area contributed by atoms with Gasteiger partial charge in [0.1, 0.15) is 0 Å². The highest BCUT2D eigenvalue weighted by Gasteiger charge is 2.10. The normalized spacial score (nSPS) is 13.3. The lowest BCUT2D eigenvalue weighted by molar-refractivity contribution is 0.151. The molecule has 1 aromatic carbocycles. The lowest BCUT2D eigenvalue weighted by Crippen LogP contribution is -2.01. The molecule has 0 fully saturated rings. The molecule has 0 aliphatic rings. The quantitative estimate of drug-likeness (QED) is 0.834. The molecule has 3 heteroatoms. The molecule has 0 spiro atoms. The number of hydrogen-bond donors (Lipinski definition) is 1. The first-order valence-corrected chi connectivity index (χ1v) is 5.38. The van der Waals surface area contributed by atoms with Gasteiger partial charge in [0.15, 0.2) is 0 Å². The maximum Gasteiger partial charge on any atom is 0.0793 e. The van der Waals surface area contributed by atoms with Gasteiger partial charge in [0.05, 0.1) is 6.10 Å². The van der Waals surface area contributed by atoms with Crippen LogP contribution in [0.1, 0.15) is 31.9 Å². The summed E-state index contributed by atoms with van der Waals surface area (Å²) in [5.41, 5.74) is 0.788. The van der Waals surface area contributed by atoms with Gasteiger partial charge < -0.3 is 5.11 Å². The highest BCUT2D eigenvalue weighted by Crippen LogP contribution is 2.26. The van der Waals surface area contributed by atoms with Crippen molar-refractivity contribution in [3.8, 4) is 0 Å². The third-order valence-electron chi connectivity index (χ3n) is 1.96. The molecule has 1 rings (SSSR count). The molecule has 1 nitrogen and oxygen atoms in total. The average molecular weight is 233 g/mol. The third-order valence-corrected chi connectivity index (χ3v) is 2.40. The highest BCUT2D eigenvalue weighted by atomic mass is 35.5. The number of aliphatic hydroxyl groups excluding tert-OH is 1. The molecule has 1 aromatic rings. The molecule has 78 valence electrons. The van der Waals surface area contributed by atoms with Crippen molar-refractivity contribution >= 4 is 23.2 Å². The summed E-state index contributed by atoms with van der Waals surface area (Å²) < 4.78 is 0. The zero-order valence-corrected chi connectivity index (χ0v) is 9.81. The van der Waals surface area contributed by atoms with Crippen molar-refractivity contribution in [2.75, 3.05) is 0 Å². The first-order valence-electron chi connectivity index (χ1n) is 4.63. The second kappa shape index (κ2) is 5.01. The Morgan fingerprint density at radius 1 is 1.14 bits per heavy atom. The average Bonchev–Trinajstić information content (AvgIpc) is 2.00. The summed E-state index contributed by atoms with van der Waals surface area (Å²) in [7, 11) is 0. The summed E-state index contributed by atoms with van der Waals surface area (Å²) in [4.78, 5) is 0. The van der Waals surface area contributed by atoms with Gasteiger partial charge in [0.25, 0.3) is 0 Å². The standard InChI is InChI=1S/C11H14Cl2O/c1-7(2)3-11(14)8-4-9(12)6-10(13)5-8/h4-7,11,14H,3H2,1-2H3. The van der Waals surface area contributed by atoms with E-state index in [4.69, 9.17) is 23.2 Å². The Balaban J connectivity index is 2.84. The van der Waals surface area contributed by atoms with Crippen LogP contribution in [0.25, 0.3) is 0 Å². The molecular formula is C11H14Cl2O. The number of aliphatic hydroxyl groups is 1. The Hall–Kier alpha value is -0.240. The van der Waals surface area contributed by atoms with Gasteiger partial charge in [-0.1, -0.05) is 37.0 Å². The Morgan fingerprint density at radius 2 is 1.64 bits per heavy atom. The Morgan fingerprint density at radius 3 is 2.07 bits per heavy atom. The van der Waals surface area contributed by atoms with E-state index in [2.05, 4.69) is 13.8 Å². The van der Waals surface area contributed by atoms with Crippen LogP contribution in [-0.2, 0) is 0 Å². The summed E-state index contributed by atoms with van der Waals surface area (Å²) >= 11 is 11.7. The Kier molecular flexibility index (Phi) is 4.24. The van der Waals surface area contributed by atoms with Gasteiger partial charge in [-0.25, -0.2) is 0 Å². The summed E-state index contributed by atoms with van der Waals surface area (Å²) in [5, 5.41) is 11.0. The van der Waals surface area contributed by atoms with E-state index in [9.17, 15) is 5.11 Å². The monoisotopic (exact) mass is 232 g/mol. The Bertz CT molecular complexity index is 290. The van der Waals surface area contributed by atoms with E-state index in [1.807, 2.05) is 0 Å². The van der Waals surface area contributed by atoms with E-state index in [0.717, 1.165) is 12.0 Å². The summed E-state index contributed by atoms with van der Waals surface area (Å²) in [5.74, 6) is 0.447. The van der Waals surface area contributed by atoms with Gasteiger partial charge in [-0.05, 0) is 36.1 Å². The minimum absolute atomic E-state index is 0.447. The number of benzene rings is 1. The largest absolute Gasteiger partial charge is 0.388 e.